The van der Waals surface area contributed by atoms with Gasteiger partial charge in [-0.3, -0.25) is 4.79 Å². The van der Waals surface area contributed by atoms with Gasteiger partial charge in [-0.1, -0.05) is 13.3 Å². The first-order chi connectivity index (χ1) is 9.80. The number of nitrogens with two attached hydrogens (primary N) is 1. The number of rotatable bonds is 5. The smallest absolute Gasteiger partial charge is 0.404 e. The Morgan fingerprint density at radius 2 is 2.19 bits per heavy atom. The molecule has 0 aliphatic heterocycles. The molecule has 0 saturated heterocycles. The van der Waals surface area contributed by atoms with Crippen LogP contribution < -0.4 is 15.8 Å². The number of carbonyl (C=O) groups excluding carboxylic acids is 1. The van der Waals surface area contributed by atoms with Gasteiger partial charge in [0.25, 0.3) is 5.91 Å². The molecule has 1 fully saturated rings. The summed E-state index contributed by atoms with van der Waals surface area (Å²) in [4.78, 5) is 12.0. The van der Waals surface area contributed by atoms with E-state index in [1.54, 1.807) is 0 Å². The van der Waals surface area contributed by atoms with Crippen LogP contribution in [0.1, 0.15) is 36.5 Å². The first-order valence-corrected chi connectivity index (χ1v) is 6.76. The van der Waals surface area contributed by atoms with Gasteiger partial charge in [-0.25, -0.2) is 0 Å². The highest BCUT2D eigenvalue weighted by atomic mass is 19.4. The fourth-order valence-corrected chi connectivity index (χ4v) is 2.27. The van der Waals surface area contributed by atoms with E-state index in [1.807, 2.05) is 0 Å². The van der Waals surface area contributed by atoms with Crippen LogP contribution in [0.15, 0.2) is 18.2 Å². The number of hydrogen-bond donors (Lipinski definition) is 2. The molecule has 1 aliphatic rings. The topological polar surface area (TPSA) is 64.3 Å². The number of carbonyl (C=O) groups is 1. The Balaban J connectivity index is 1.98. The number of nitrogen functional groups attached to an aromatic ring is 1. The molecule has 4 nitrogen and oxygen atoms in total. The monoisotopic (exact) mass is 302 g/mol. The molecule has 1 aromatic carbocycles. The highest BCUT2D eigenvalue weighted by Gasteiger charge is 2.37. The molecule has 2 rings (SSSR count). The van der Waals surface area contributed by atoms with Crippen molar-refractivity contribution in [2.45, 2.75) is 38.6 Å². The summed E-state index contributed by atoms with van der Waals surface area (Å²) in [6.45, 7) is 2.08. The summed E-state index contributed by atoms with van der Waals surface area (Å²) in [7, 11) is 0. The van der Waals surface area contributed by atoms with Gasteiger partial charge in [-0.05, 0) is 37.0 Å². The van der Waals surface area contributed by atoms with Crippen LogP contribution >= 0.6 is 0 Å². The molecule has 2 atom stereocenters. The Labute approximate surface area is 120 Å². The number of alkyl halides is 3. The third-order valence-corrected chi connectivity index (χ3v) is 3.40. The molecule has 0 aromatic heterocycles. The van der Waals surface area contributed by atoms with Crippen molar-refractivity contribution in [3.05, 3.63) is 23.8 Å². The van der Waals surface area contributed by atoms with Gasteiger partial charge in [0.2, 0.25) is 0 Å². The summed E-state index contributed by atoms with van der Waals surface area (Å²) >= 11 is 0. The molecule has 1 saturated carbocycles. The molecule has 0 heterocycles. The molecule has 1 aromatic rings. The van der Waals surface area contributed by atoms with Crippen LogP contribution in [-0.4, -0.2) is 18.3 Å². The normalized spacial score (nSPS) is 21.0. The van der Waals surface area contributed by atoms with Crippen molar-refractivity contribution in [3.8, 4) is 5.75 Å². The summed E-state index contributed by atoms with van der Waals surface area (Å²) in [6.07, 6.45) is -1.73. The van der Waals surface area contributed by atoms with Crippen molar-refractivity contribution in [1.29, 1.82) is 0 Å². The van der Waals surface area contributed by atoms with E-state index >= 15 is 0 Å². The van der Waals surface area contributed by atoms with Crippen molar-refractivity contribution >= 4 is 11.6 Å². The molecule has 1 amide bonds. The molecule has 21 heavy (non-hydrogen) atoms. The summed E-state index contributed by atoms with van der Waals surface area (Å²) in [5, 5.41) is 2.84. The van der Waals surface area contributed by atoms with Crippen LogP contribution in [-0.2, 0) is 0 Å². The first-order valence-electron chi connectivity index (χ1n) is 6.76. The maximum Gasteiger partial charge on any atom is 0.573 e. The van der Waals surface area contributed by atoms with Gasteiger partial charge < -0.3 is 15.8 Å². The predicted octanol–water partition coefficient (Wildman–Crippen LogP) is 3.09. The minimum atomic E-state index is -4.81. The van der Waals surface area contributed by atoms with Crippen LogP contribution in [0.5, 0.6) is 5.75 Å². The average molecular weight is 302 g/mol. The third kappa shape index (κ3) is 4.27. The fraction of sp³-hybridized carbons (Fsp3) is 0.500. The molecule has 1 aliphatic carbocycles. The van der Waals surface area contributed by atoms with Crippen LogP contribution in [0.3, 0.4) is 0 Å². The van der Waals surface area contributed by atoms with E-state index in [9.17, 15) is 18.0 Å². The second-order valence-electron chi connectivity index (χ2n) is 5.16. The number of ether oxygens (including phenoxy) is 1. The number of halogens is 3. The average Bonchev–Trinajstić information content (AvgIpc) is 3.08. The van der Waals surface area contributed by atoms with Gasteiger partial charge >= 0.3 is 6.36 Å². The molecule has 7 heteroatoms. The van der Waals surface area contributed by atoms with Gasteiger partial charge in [-0.15, -0.1) is 13.2 Å². The van der Waals surface area contributed by atoms with Crippen molar-refractivity contribution in [2.75, 3.05) is 5.73 Å². The summed E-state index contributed by atoms with van der Waals surface area (Å²) in [5.74, 6) is -0.331. The van der Waals surface area contributed by atoms with Gasteiger partial charge in [0, 0.05) is 11.6 Å². The Kier molecular flexibility index (Phi) is 4.29. The van der Waals surface area contributed by atoms with Crippen LogP contribution in [0.25, 0.3) is 0 Å². The third-order valence-electron chi connectivity index (χ3n) is 3.40. The van der Waals surface area contributed by atoms with Crippen molar-refractivity contribution in [1.82, 2.24) is 5.32 Å². The Hall–Kier alpha value is -1.92. The SMILES string of the molecule is CCCC1CC1NC(=O)c1ccc(OC(F)(F)F)c(N)c1. The lowest BCUT2D eigenvalue weighted by Gasteiger charge is -2.12. The molecule has 2 unspecified atom stereocenters. The van der Waals surface area contributed by atoms with Gasteiger partial charge in [0.15, 0.2) is 5.75 Å². The summed E-state index contributed by atoms with van der Waals surface area (Å²) in [5.41, 5.74) is 5.49. The molecule has 0 spiro atoms. The van der Waals surface area contributed by atoms with Crippen LogP contribution in [0.2, 0.25) is 0 Å². The van der Waals surface area contributed by atoms with E-state index in [1.165, 1.54) is 12.1 Å². The molecule has 0 bridgehead atoms. The molecular formula is C14H17F3N2O2. The minimum absolute atomic E-state index is 0.157. The van der Waals surface area contributed by atoms with Crippen molar-refractivity contribution in [2.24, 2.45) is 5.92 Å². The molecule has 3 N–H and O–H groups in total. The largest absolute Gasteiger partial charge is 0.573 e. The maximum absolute atomic E-state index is 12.1. The Bertz CT molecular complexity index is 531. The zero-order valence-electron chi connectivity index (χ0n) is 11.5. The van der Waals surface area contributed by atoms with E-state index < -0.39 is 12.1 Å². The number of amides is 1. The predicted molar refractivity (Wildman–Crippen MR) is 71.8 cm³/mol. The number of anilines is 1. The number of benzene rings is 1. The quantitative estimate of drug-likeness (QED) is 0.822. The molecule has 0 radical (unpaired) electrons. The van der Waals surface area contributed by atoms with E-state index in [-0.39, 0.29) is 23.2 Å². The number of nitrogens with one attached hydrogen (secondary N) is 1. The van der Waals surface area contributed by atoms with E-state index in [0.29, 0.717) is 5.92 Å². The summed E-state index contributed by atoms with van der Waals surface area (Å²) < 4.78 is 40.1. The second-order valence-corrected chi connectivity index (χ2v) is 5.16. The minimum Gasteiger partial charge on any atom is -0.404 e. The van der Waals surface area contributed by atoms with Crippen LogP contribution in [0, 0.1) is 5.92 Å². The van der Waals surface area contributed by atoms with Gasteiger partial charge in [-0.2, -0.15) is 0 Å². The van der Waals surface area contributed by atoms with Gasteiger partial charge in [0.05, 0.1) is 5.69 Å². The standard InChI is InChI=1S/C14H17F3N2O2/c1-2-3-8-7-11(8)19-13(20)9-4-5-12(10(18)6-9)21-14(15,16)17/h4-6,8,11H,2-3,7,18H2,1H3,(H,19,20). The van der Waals surface area contributed by atoms with Crippen molar-refractivity contribution < 1.29 is 22.7 Å². The second kappa shape index (κ2) is 5.83. The van der Waals surface area contributed by atoms with Crippen molar-refractivity contribution in [3.63, 3.8) is 0 Å². The lowest BCUT2D eigenvalue weighted by molar-refractivity contribution is -0.274. The summed E-state index contributed by atoms with van der Waals surface area (Å²) in [6, 6.07) is 3.66. The first kappa shape index (κ1) is 15.5. The zero-order chi connectivity index (χ0) is 15.6. The Morgan fingerprint density at radius 3 is 2.76 bits per heavy atom. The van der Waals surface area contributed by atoms with Gasteiger partial charge in [0.1, 0.15) is 0 Å². The zero-order valence-corrected chi connectivity index (χ0v) is 11.5. The fourth-order valence-electron chi connectivity index (χ4n) is 2.27. The van der Waals surface area contributed by atoms with Crippen LogP contribution in [0.4, 0.5) is 18.9 Å². The highest BCUT2D eigenvalue weighted by molar-refractivity contribution is 5.95. The Morgan fingerprint density at radius 1 is 1.48 bits per heavy atom. The lowest BCUT2D eigenvalue weighted by Crippen LogP contribution is -2.27. The van der Waals surface area contributed by atoms with E-state index in [4.69, 9.17) is 5.73 Å². The number of hydrogen-bond acceptors (Lipinski definition) is 3. The molecular weight excluding hydrogens is 285 g/mol. The molecule has 116 valence electrons. The van der Waals surface area contributed by atoms with E-state index in [0.717, 1.165) is 25.3 Å². The maximum atomic E-state index is 12.1. The van der Waals surface area contributed by atoms with E-state index in [2.05, 4.69) is 17.0 Å². The lowest BCUT2D eigenvalue weighted by atomic mass is 10.1. The highest BCUT2D eigenvalue weighted by Crippen LogP contribution is 2.35.